The van der Waals surface area contributed by atoms with E-state index in [1.54, 1.807) is 6.20 Å². The zero-order valence-corrected chi connectivity index (χ0v) is 8.99. The summed E-state index contributed by atoms with van der Waals surface area (Å²) in [6, 6.07) is 0. The Morgan fingerprint density at radius 1 is 1.60 bits per heavy atom. The largest absolute Gasteiger partial charge is 0.463 e. The first kappa shape index (κ1) is 10.4. The molecule has 0 aromatic carbocycles. The highest BCUT2D eigenvalue weighted by Gasteiger charge is 2.23. The summed E-state index contributed by atoms with van der Waals surface area (Å²) in [7, 11) is 0. The Balaban J connectivity index is 2.40. The Hall–Kier alpha value is -1.13. The third-order valence-corrected chi connectivity index (χ3v) is 2.57. The Morgan fingerprint density at radius 2 is 2.40 bits per heavy atom. The van der Waals surface area contributed by atoms with Crippen molar-refractivity contribution in [3.05, 3.63) is 23.0 Å². The van der Waals surface area contributed by atoms with Crippen molar-refractivity contribution >= 4 is 0 Å². The molecule has 2 heterocycles. The lowest BCUT2D eigenvalue weighted by molar-refractivity contribution is -0.110. The molecule has 0 saturated heterocycles. The number of hydrogen-bond donors (Lipinski definition) is 1. The first-order valence-electron chi connectivity index (χ1n) is 5.12. The van der Waals surface area contributed by atoms with E-state index in [0.717, 1.165) is 29.0 Å². The second-order valence-corrected chi connectivity index (χ2v) is 3.60. The van der Waals surface area contributed by atoms with Gasteiger partial charge in [0, 0.05) is 23.7 Å². The molecular formula is C11H15NO3. The molecule has 0 saturated carbocycles. The third-order valence-electron chi connectivity index (χ3n) is 2.57. The molecule has 1 atom stereocenters. The molecule has 0 aliphatic carbocycles. The van der Waals surface area contributed by atoms with Crippen LogP contribution in [0.15, 0.2) is 6.20 Å². The van der Waals surface area contributed by atoms with Crippen LogP contribution in [0.2, 0.25) is 0 Å². The lowest BCUT2D eigenvalue weighted by Gasteiger charge is -2.27. The molecule has 1 N–H and O–H groups in total. The van der Waals surface area contributed by atoms with Crippen molar-refractivity contribution < 1.29 is 14.6 Å². The Morgan fingerprint density at radius 3 is 3.07 bits per heavy atom. The number of hydrogen-bond acceptors (Lipinski definition) is 4. The number of pyridine rings is 1. The fourth-order valence-electron chi connectivity index (χ4n) is 1.67. The summed E-state index contributed by atoms with van der Waals surface area (Å²) in [5.41, 5.74) is 2.56. The van der Waals surface area contributed by atoms with Crippen LogP contribution in [-0.4, -0.2) is 16.4 Å². The SMILES string of the molecule is CCC1OCc2c(CO)cnc(C)c2O1. The van der Waals surface area contributed by atoms with E-state index in [9.17, 15) is 0 Å². The molecule has 1 unspecified atom stereocenters. The zero-order chi connectivity index (χ0) is 10.8. The molecule has 0 fully saturated rings. The summed E-state index contributed by atoms with van der Waals surface area (Å²) in [6.07, 6.45) is 2.29. The molecule has 1 aliphatic rings. The second kappa shape index (κ2) is 4.16. The van der Waals surface area contributed by atoms with Crippen molar-refractivity contribution in [2.75, 3.05) is 0 Å². The van der Waals surface area contributed by atoms with Crippen LogP contribution in [0.4, 0.5) is 0 Å². The van der Waals surface area contributed by atoms with Gasteiger partial charge in [-0.1, -0.05) is 6.92 Å². The van der Waals surface area contributed by atoms with Gasteiger partial charge in [0.15, 0.2) is 6.29 Å². The van der Waals surface area contributed by atoms with E-state index in [4.69, 9.17) is 14.6 Å². The predicted molar refractivity (Wildman–Crippen MR) is 54.4 cm³/mol. The number of aromatic nitrogens is 1. The van der Waals surface area contributed by atoms with Crippen LogP contribution in [0.1, 0.15) is 30.2 Å². The molecule has 1 aromatic rings. The first-order chi connectivity index (χ1) is 7.26. The minimum Gasteiger partial charge on any atom is -0.463 e. The van der Waals surface area contributed by atoms with Crippen molar-refractivity contribution in [3.8, 4) is 5.75 Å². The normalized spacial score (nSPS) is 19.5. The molecule has 0 radical (unpaired) electrons. The van der Waals surface area contributed by atoms with Crippen LogP contribution in [0.3, 0.4) is 0 Å². The molecule has 0 bridgehead atoms. The van der Waals surface area contributed by atoms with E-state index in [1.807, 2.05) is 13.8 Å². The zero-order valence-electron chi connectivity index (χ0n) is 8.99. The van der Waals surface area contributed by atoms with Crippen LogP contribution in [0.5, 0.6) is 5.75 Å². The lowest BCUT2D eigenvalue weighted by atomic mass is 10.1. The number of ether oxygens (including phenoxy) is 2. The minimum absolute atomic E-state index is 0.0286. The number of aliphatic hydroxyl groups excluding tert-OH is 1. The van der Waals surface area contributed by atoms with Gasteiger partial charge in [-0.3, -0.25) is 4.98 Å². The lowest BCUT2D eigenvalue weighted by Crippen LogP contribution is -2.26. The van der Waals surface area contributed by atoms with Gasteiger partial charge in [0.1, 0.15) is 5.75 Å². The molecule has 15 heavy (non-hydrogen) atoms. The van der Waals surface area contributed by atoms with Gasteiger partial charge in [-0.2, -0.15) is 0 Å². The minimum atomic E-state index is -0.188. The van der Waals surface area contributed by atoms with Crippen LogP contribution in [0, 0.1) is 6.92 Å². The molecule has 0 amide bonds. The average molecular weight is 209 g/mol. The van der Waals surface area contributed by atoms with E-state index in [-0.39, 0.29) is 12.9 Å². The van der Waals surface area contributed by atoms with Gasteiger partial charge in [0.2, 0.25) is 0 Å². The van der Waals surface area contributed by atoms with Gasteiger partial charge in [-0.15, -0.1) is 0 Å². The quantitative estimate of drug-likeness (QED) is 0.802. The van der Waals surface area contributed by atoms with Gasteiger partial charge in [-0.25, -0.2) is 0 Å². The Kier molecular flexibility index (Phi) is 2.88. The molecule has 4 nitrogen and oxygen atoms in total. The molecular weight excluding hydrogens is 194 g/mol. The molecule has 1 aromatic heterocycles. The van der Waals surface area contributed by atoms with Crippen LogP contribution in [-0.2, 0) is 18.0 Å². The molecule has 2 rings (SSSR count). The number of aliphatic hydroxyl groups is 1. The summed E-state index contributed by atoms with van der Waals surface area (Å²) in [4.78, 5) is 4.19. The Bertz CT molecular complexity index is 365. The summed E-state index contributed by atoms with van der Waals surface area (Å²) in [5.74, 6) is 0.777. The summed E-state index contributed by atoms with van der Waals surface area (Å²) < 4.78 is 11.1. The Labute approximate surface area is 88.9 Å². The number of aryl methyl sites for hydroxylation is 1. The summed E-state index contributed by atoms with van der Waals surface area (Å²) in [6.45, 7) is 4.37. The smallest absolute Gasteiger partial charge is 0.200 e. The van der Waals surface area contributed by atoms with E-state index in [1.165, 1.54) is 0 Å². The number of rotatable bonds is 2. The topological polar surface area (TPSA) is 51.6 Å². The van der Waals surface area contributed by atoms with Crippen molar-refractivity contribution in [1.29, 1.82) is 0 Å². The molecule has 1 aliphatic heterocycles. The van der Waals surface area contributed by atoms with Gasteiger partial charge >= 0.3 is 0 Å². The van der Waals surface area contributed by atoms with E-state index in [0.29, 0.717) is 6.61 Å². The highest BCUT2D eigenvalue weighted by Crippen LogP contribution is 2.31. The number of nitrogens with zero attached hydrogens (tertiary/aromatic N) is 1. The van der Waals surface area contributed by atoms with Gasteiger partial charge in [-0.05, 0) is 6.92 Å². The maximum Gasteiger partial charge on any atom is 0.200 e. The van der Waals surface area contributed by atoms with Crippen LogP contribution in [0.25, 0.3) is 0 Å². The van der Waals surface area contributed by atoms with E-state index < -0.39 is 0 Å². The summed E-state index contributed by atoms with van der Waals surface area (Å²) in [5, 5.41) is 9.16. The highest BCUT2D eigenvalue weighted by atomic mass is 16.7. The van der Waals surface area contributed by atoms with Crippen molar-refractivity contribution in [3.63, 3.8) is 0 Å². The van der Waals surface area contributed by atoms with Crippen LogP contribution < -0.4 is 4.74 Å². The van der Waals surface area contributed by atoms with Gasteiger partial charge < -0.3 is 14.6 Å². The fraction of sp³-hybridized carbons (Fsp3) is 0.545. The fourth-order valence-corrected chi connectivity index (χ4v) is 1.67. The average Bonchev–Trinajstić information content (AvgIpc) is 2.29. The van der Waals surface area contributed by atoms with Crippen molar-refractivity contribution in [2.24, 2.45) is 0 Å². The maximum atomic E-state index is 9.16. The van der Waals surface area contributed by atoms with Crippen molar-refractivity contribution in [1.82, 2.24) is 4.98 Å². The summed E-state index contributed by atoms with van der Waals surface area (Å²) >= 11 is 0. The third kappa shape index (κ3) is 1.82. The van der Waals surface area contributed by atoms with Crippen LogP contribution >= 0.6 is 0 Å². The second-order valence-electron chi connectivity index (χ2n) is 3.60. The first-order valence-corrected chi connectivity index (χ1v) is 5.12. The standard InChI is InChI=1S/C11H15NO3/c1-3-10-14-6-9-8(5-13)4-12-7(2)11(9)15-10/h4,10,13H,3,5-6H2,1-2H3. The maximum absolute atomic E-state index is 9.16. The predicted octanol–water partition coefficient (Wildman–Crippen LogP) is 1.53. The van der Waals surface area contributed by atoms with E-state index >= 15 is 0 Å². The van der Waals surface area contributed by atoms with Crippen molar-refractivity contribution in [2.45, 2.75) is 39.8 Å². The molecule has 82 valence electrons. The number of fused-ring (bicyclic) bond motifs is 1. The molecule has 4 heteroatoms. The van der Waals surface area contributed by atoms with Gasteiger partial charge in [0.05, 0.1) is 18.9 Å². The molecule has 0 spiro atoms. The highest BCUT2D eigenvalue weighted by molar-refractivity contribution is 5.42. The van der Waals surface area contributed by atoms with Gasteiger partial charge in [0.25, 0.3) is 0 Å². The monoisotopic (exact) mass is 209 g/mol. The van der Waals surface area contributed by atoms with E-state index in [2.05, 4.69) is 4.98 Å².